The first-order chi connectivity index (χ1) is 7.95. The molecule has 0 radical (unpaired) electrons. The van der Waals surface area contributed by atoms with Gasteiger partial charge in [0.1, 0.15) is 0 Å². The zero-order valence-electron chi connectivity index (χ0n) is 9.82. The molecule has 0 spiro atoms. The van der Waals surface area contributed by atoms with E-state index >= 15 is 0 Å². The second-order valence-corrected chi connectivity index (χ2v) is 5.33. The smallest absolute Gasteiger partial charge is 0.319 e. The van der Waals surface area contributed by atoms with Gasteiger partial charge in [0.05, 0.1) is 6.54 Å². The second-order valence-electron chi connectivity index (χ2n) is 4.38. The van der Waals surface area contributed by atoms with Gasteiger partial charge in [-0.1, -0.05) is 18.2 Å². The van der Waals surface area contributed by atoms with Gasteiger partial charge < -0.3 is 5.32 Å². The maximum atomic E-state index is 12.3. The summed E-state index contributed by atoms with van der Waals surface area (Å²) in [5.41, 5.74) is -0.148. The van der Waals surface area contributed by atoms with Crippen molar-refractivity contribution in [3.05, 3.63) is 34.5 Å². The highest BCUT2D eigenvalue weighted by molar-refractivity contribution is 7.10. The first kappa shape index (κ1) is 11.9. The zero-order chi connectivity index (χ0) is 12.6. The topological polar surface area (TPSA) is 49.4 Å². The molecule has 1 aliphatic rings. The molecular formula is C12H14N2O2S. The van der Waals surface area contributed by atoms with Crippen molar-refractivity contribution in [3.63, 3.8) is 0 Å². The summed E-state index contributed by atoms with van der Waals surface area (Å²) in [7, 11) is 0. The highest BCUT2D eigenvalue weighted by atomic mass is 32.1. The Bertz CT molecular complexity index is 481. The van der Waals surface area contributed by atoms with Crippen molar-refractivity contribution < 1.29 is 9.59 Å². The Labute approximate surface area is 104 Å². The van der Waals surface area contributed by atoms with E-state index in [0.29, 0.717) is 0 Å². The van der Waals surface area contributed by atoms with E-state index in [1.165, 1.54) is 16.2 Å². The fourth-order valence-electron chi connectivity index (χ4n) is 1.84. The van der Waals surface area contributed by atoms with Gasteiger partial charge in [-0.25, -0.2) is 4.79 Å². The van der Waals surface area contributed by atoms with Crippen LogP contribution in [0.1, 0.15) is 18.7 Å². The summed E-state index contributed by atoms with van der Waals surface area (Å²) in [6.07, 6.45) is 0. The predicted molar refractivity (Wildman–Crippen MR) is 66.7 cm³/mol. The lowest BCUT2D eigenvalue weighted by Crippen LogP contribution is -2.40. The molecule has 0 aromatic carbocycles. The number of hydrogen-bond donors (Lipinski definition) is 1. The average molecular weight is 250 g/mol. The maximum absolute atomic E-state index is 12.3. The summed E-state index contributed by atoms with van der Waals surface area (Å²) in [5, 5.41) is 4.63. The Balaban J connectivity index is 2.32. The Morgan fingerprint density at radius 1 is 1.59 bits per heavy atom. The lowest BCUT2D eigenvalue weighted by atomic mass is 10.0. The van der Waals surface area contributed by atoms with Crippen LogP contribution in [-0.2, 0) is 10.3 Å². The zero-order valence-corrected chi connectivity index (χ0v) is 10.6. The number of imide groups is 1. The largest absolute Gasteiger partial charge is 0.325 e. The van der Waals surface area contributed by atoms with Crippen molar-refractivity contribution in [1.82, 2.24) is 10.2 Å². The molecule has 17 heavy (non-hydrogen) atoms. The molecule has 3 amide bonds. The Morgan fingerprint density at radius 3 is 2.82 bits per heavy atom. The van der Waals surface area contributed by atoms with Gasteiger partial charge in [0, 0.05) is 4.88 Å². The van der Waals surface area contributed by atoms with Crippen LogP contribution in [0.4, 0.5) is 4.79 Å². The minimum atomic E-state index is -0.930. The minimum Gasteiger partial charge on any atom is -0.319 e. The van der Waals surface area contributed by atoms with Gasteiger partial charge in [0.15, 0.2) is 5.54 Å². The first-order valence-corrected chi connectivity index (χ1v) is 6.15. The van der Waals surface area contributed by atoms with E-state index in [9.17, 15) is 9.59 Å². The third-order valence-electron chi connectivity index (χ3n) is 2.72. The number of carbonyl (C=O) groups is 2. The summed E-state index contributed by atoms with van der Waals surface area (Å²) in [5.74, 6) is -0.215. The number of carbonyl (C=O) groups excluding carboxylic acids is 2. The third-order valence-corrected chi connectivity index (χ3v) is 3.81. The van der Waals surface area contributed by atoms with E-state index in [4.69, 9.17) is 0 Å². The van der Waals surface area contributed by atoms with Crippen molar-refractivity contribution in [2.75, 3.05) is 6.54 Å². The molecule has 0 aliphatic carbocycles. The van der Waals surface area contributed by atoms with Crippen LogP contribution in [0.15, 0.2) is 29.7 Å². The molecule has 1 N–H and O–H groups in total. The fourth-order valence-corrected chi connectivity index (χ4v) is 2.68. The molecule has 0 bridgehead atoms. The number of rotatable bonds is 3. The Morgan fingerprint density at radius 2 is 2.29 bits per heavy atom. The van der Waals surface area contributed by atoms with Gasteiger partial charge in [0.2, 0.25) is 0 Å². The molecule has 0 saturated carbocycles. The van der Waals surface area contributed by atoms with Gasteiger partial charge in [0.25, 0.3) is 5.91 Å². The van der Waals surface area contributed by atoms with Crippen molar-refractivity contribution >= 4 is 23.3 Å². The number of hydrogen-bond acceptors (Lipinski definition) is 3. The average Bonchev–Trinajstić information content (AvgIpc) is 2.83. The molecule has 2 heterocycles. The quantitative estimate of drug-likeness (QED) is 0.659. The normalized spacial score (nSPS) is 24.0. The van der Waals surface area contributed by atoms with Crippen molar-refractivity contribution in [3.8, 4) is 0 Å². The van der Waals surface area contributed by atoms with Gasteiger partial charge >= 0.3 is 6.03 Å². The van der Waals surface area contributed by atoms with Crippen LogP contribution in [-0.4, -0.2) is 23.4 Å². The predicted octanol–water partition coefficient (Wildman–Crippen LogP) is 2.09. The van der Waals surface area contributed by atoms with E-state index in [1.807, 2.05) is 17.5 Å². The fraction of sp³-hybridized carbons (Fsp3) is 0.333. The molecule has 1 aromatic heterocycles. The summed E-state index contributed by atoms with van der Waals surface area (Å²) < 4.78 is 0. The van der Waals surface area contributed by atoms with Gasteiger partial charge in [-0.2, -0.15) is 0 Å². The van der Waals surface area contributed by atoms with E-state index in [-0.39, 0.29) is 18.5 Å². The SMILES string of the molecule is C=C(C)CN1C(=O)NC(C)(c2cccs2)C1=O. The number of urea groups is 1. The van der Waals surface area contributed by atoms with Crippen molar-refractivity contribution in [1.29, 1.82) is 0 Å². The highest BCUT2D eigenvalue weighted by Crippen LogP contribution is 2.31. The number of thiophene rings is 1. The Kier molecular flexibility index (Phi) is 2.79. The molecule has 1 aromatic rings. The van der Waals surface area contributed by atoms with Gasteiger partial charge in [-0.15, -0.1) is 11.3 Å². The van der Waals surface area contributed by atoms with Crippen LogP contribution in [0.5, 0.6) is 0 Å². The van der Waals surface area contributed by atoms with Crippen LogP contribution in [0.25, 0.3) is 0 Å². The van der Waals surface area contributed by atoms with E-state index in [0.717, 1.165) is 10.5 Å². The lowest BCUT2D eigenvalue weighted by Gasteiger charge is -2.20. The van der Waals surface area contributed by atoms with Gasteiger partial charge in [-0.3, -0.25) is 9.69 Å². The van der Waals surface area contributed by atoms with E-state index < -0.39 is 5.54 Å². The standard InChI is InChI=1S/C12H14N2O2S/c1-8(2)7-14-10(15)12(3,13-11(14)16)9-5-4-6-17-9/h4-6H,1,7H2,2-3H3,(H,13,16). The van der Waals surface area contributed by atoms with Gasteiger partial charge in [-0.05, 0) is 25.3 Å². The monoisotopic (exact) mass is 250 g/mol. The van der Waals surface area contributed by atoms with Crippen LogP contribution in [0.2, 0.25) is 0 Å². The molecule has 5 heteroatoms. The molecule has 1 aliphatic heterocycles. The number of amides is 3. The van der Waals surface area contributed by atoms with E-state index in [2.05, 4.69) is 11.9 Å². The van der Waals surface area contributed by atoms with Crippen LogP contribution >= 0.6 is 11.3 Å². The third kappa shape index (κ3) is 1.86. The summed E-state index contributed by atoms with van der Waals surface area (Å²) in [4.78, 5) is 26.1. The van der Waals surface area contributed by atoms with Crippen molar-refractivity contribution in [2.24, 2.45) is 0 Å². The molecule has 1 atom stereocenters. The summed E-state index contributed by atoms with van der Waals surface area (Å²) >= 11 is 1.46. The lowest BCUT2D eigenvalue weighted by molar-refractivity contribution is -0.130. The number of nitrogens with zero attached hydrogens (tertiary/aromatic N) is 1. The Hall–Kier alpha value is -1.62. The highest BCUT2D eigenvalue weighted by Gasteiger charge is 2.49. The second kappa shape index (κ2) is 4.00. The molecule has 2 rings (SSSR count). The summed E-state index contributed by atoms with van der Waals surface area (Å²) in [6.45, 7) is 7.52. The molecular weight excluding hydrogens is 236 g/mol. The van der Waals surface area contributed by atoms with Crippen LogP contribution in [0, 0.1) is 0 Å². The molecule has 4 nitrogen and oxygen atoms in total. The summed E-state index contributed by atoms with van der Waals surface area (Å²) in [6, 6.07) is 3.37. The minimum absolute atomic E-state index is 0.215. The van der Waals surface area contributed by atoms with Crippen LogP contribution in [0.3, 0.4) is 0 Å². The van der Waals surface area contributed by atoms with Crippen molar-refractivity contribution in [2.45, 2.75) is 19.4 Å². The molecule has 90 valence electrons. The maximum Gasteiger partial charge on any atom is 0.325 e. The molecule has 1 saturated heterocycles. The number of nitrogens with one attached hydrogen (secondary N) is 1. The molecule has 1 fully saturated rings. The molecule has 1 unspecified atom stereocenters. The first-order valence-electron chi connectivity index (χ1n) is 5.27. The van der Waals surface area contributed by atoms with Crippen LogP contribution < -0.4 is 5.32 Å². The van der Waals surface area contributed by atoms with E-state index in [1.54, 1.807) is 13.8 Å².